The first-order valence-corrected chi connectivity index (χ1v) is 16.3. The molecule has 1 heterocycles. The number of nitrogens with zero attached hydrogens (tertiary/aromatic N) is 1. The van der Waals surface area contributed by atoms with Crippen molar-refractivity contribution in [2.45, 2.75) is 62.1 Å². The van der Waals surface area contributed by atoms with Crippen LogP contribution in [-0.4, -0.2) is 54.9 Å². The summed E-state index contributed by atoms with van der Waals surface area (Å²) < 4.78 is 64.3. The van der Waals surface area contributed by atoms with Gasteiger partial charge in [0, 0.05) is 18.7 Å². The van der Waals surface area contributed by atoms with Gasteiger partial charge in [-0.3, -0.25) is 9.11 Å². The summed E-state index contributed by atoms with van der Waals surface area (Å²) in [4.78, 5) is -0.133. The first-order chi connectivity index (χ1) is 20.2. The Morgan fingerprint density at radius 3 is 1.74 bits per heavy atom. The first-order valence-electron chi connectivity index (χ1n) is 13.4. The Morgan fingerprint density at radius 1 is 0.837 bits per heavy atom. The molecule has 4 aromatic rings. The molecule has 0 bridgehead atoms. The largest absolute Gasteiger partial charge is 0.390 e. The molecule has 6 N–H and O–H groups in total. The highest BCUT2D eigenvalue weighted by Crippen LogP contribution is 2.10. The quantitative estimate of drug-likeness (QED) is 0.160. The van der Waals surface area contributed by atoms with E-state index in [1.165, 1.54) is 24.3 Å². The zero-order chi connectivity index (χ0) is 32.0. The second kappa shape index (κ2) is 17.0. The maximum absolute atomic E-state index is 10.5. The molecule has 0 aliphatic carbocycles. The van der Waals surface area contributed by atoms with E-state index in [0.717, 1.165) is 34.6 Å². The topological polar surface area (TPSA) is 193 Å². The van der Waals surface area contributed by atoms with Crippen molar-refractivity contribution < 1.29 is 35.6 Å². The van der Waals surface area contributed by atoms with E-state index in [9.17, 15) is 21.9 Å². The van der Waals surface area contributed by atoms with E-state index in [2.05, 4.69) is 10.5 Å². The van der Waals surface area contributed by atoms with Crippen molar-refractivity contribution in [3.8, 4) is 0 Å². The molecule has 0 amide bonds. The van der Waals surface area contributed by atoms with E-state index >= 15 is 0 Å². The molecule has 0 aliphatic heterocycles. The number of hydrogen-bond donors (Lipinski definition) is 5. The van der Waals surface area contributed by atoms with Gasteiger partial charge in [0.05, 0.1) is 28.1 Å². The zero-order valence-corrected chi connectivity index (χ0v) is 25.9. The summed E-state index contributed by atoms with van der Waals surface area (Å²) in [6, 6.07) is 23.5. The molecule has 13 heteroatoms. The van der Waals surface area contributed by atoms with Crippen molar-refractivity contribution in [3.63, 3.8) is 0 Å². The highest BCUT2D eigenvalue weighted by Gasteiger charge is 2.15. The van der Waals surface area contributed by atoms with Crippen molar-refractivity contribution in [2.24, 2.45) is 5.73 Å². The molecule has 234 valence electrons. The van der Waals surface area contributed by atoms with Gasteiger partial charge in [-0.2, -0.15) is 16.8 Å². The number of nitrogens with two attached hydrogens (primary N) is 1. The number of aryl methyl sites for hydroxylation is 3. The van der Waals surface area contributed by atoms with Crippen LogP contribution in [-0.2, 0) is 39.6 Å². The smallest absolute Gasteiger partial charge is 0.294 e. The molecule has 1 aromatic heterocycles. The lowest BCUT2D eigenvalue weighted by Crippen LogP contribution is -2.42. The summed E-state index contributed by atoms with van der Waals surface area (Å²) in [5.74, 6) is 0.774. The zero-order valence-electron chi connectivity index (χ0n) is 24.3. The SMILES string of the molecule is CCc1cc(CNC[C@@H](O)[C@@H](N)Cc2ccccc2)on1.Cc1ccc(S(=O)(=O)O)cc1.Cc1ccc(S(=O)(=O)O)cc1. The number of rotatable bonds is 10. The summed E-state index contributed by atoms with van der Waals surface area (Å²) in [5.41, 5.74) is 10.0. The predicted molar refractivity (Wildman–Crippen MR) is 164 cm³/mol. The van der Waals surface area contributed by atoms with Crippen molar-refractivity contribution in [1.29, 1.82) is 0 Å². The third kappa shape index (κ3) is 13.6. The summed E-state index contributed by atoms with van der Waals surface area (Å²) in [6.07, 6.45) is 0.916. The lowest BCUT2D eigenvalue weighted by Gasteiger charge is -2.19. The fourth-order valence-electron chi connectivity index (χ4n) is 3.54. The Morgan fingerprint density at radius 2 is 1.33 bits per heavy atom. The standard InChI is InChI=1S/C16H23N3O2.2C7H8O3S/c1-2-13-9-14(21-19-13)10-18-11-16(20)15(17)8-12-6-4-3-5-7-12;2*1-6-2-4-7(5-3-6)11(8,9)10/h3-7,9,15-16,18,20H,2,8,10-11,17H2,1H3;2*2-5H,1H3,(H,8,9,10)/t15-,16+;;/m0../s1. The van der Waals surface area contributed by atoms with Crippen LogP contribution in [0.1, 0.15) is 35.1 Å². The second-order valence-electron chi connectivity index (χ2n) is 9.77. The van der Waals surface area contributed by atoms with Crippen LogP contribution in [0.5, 0.6) is 0 Å². The van der Waals surface area contributed by atoms with Gasteiger partial charge in [-0.15, -0.1) is 0 Å². The molecule has 0 saturated carbocycles. The summed E-state index contributed by atoms with van der Waals surface area (Å²) in [5, 5.41) is 17.1. The van der Waals surface area contributed by atoms with Crippen molar-refractivity contribution >= 4 is 20.2 Å². The number of aliphatic hydroxyl groups is 1. The molecule has 2 atom stereocenters. The minimum atomic E-state index is -4.02. The number of aromatic nitrogens is 1. The molecule has 3 aromatic carbocycles. The number of hydrogen-bond acceptors (Lipinski definition) is 9. The van der Waals surface area contributed by atoms with Gasteiger partial charge in [0.2, 0.25) is 0 Å². The number of aliphatic hydroxyl groups excluding tert-OH is 1. The summed E-state index contributed by atoms with van der Waals surface area (Å²) >= 11 is 0. The monoisotopic (exact) mass is 633 g/mol. The third-order valence-corrected chi connectivity index (χ3v) is 7.80. The first kappa shape index (κ1) is 35.8. The fourth-order valence-corrected chi connectivity index (χ4v) is 4.50. The molecule has 43 heavy (non-hydrogen) atoms. The molecule has 0 saturated heterocycles. The van der Waals surface area contributed by atoms with Gasteiger partial charge >= 0.3 is 0 Å². The van der Waals surface area contributed by atoms with Crippen molar-refractivity contribution in [1.82, 2.24) is 10.5 Å². The Hall–Kier alpha value is -3.43. The van der Waals surface area contributed by atoms with Crippen LogP contribution in [0, 0.1) is 13.8 Å². The molecular weight excluding hydrogens is 594 g/mol. The van der Waals surface area contributed by atoms with Gasteiger partial charge in [0.15, 0.2) is 5.76 Å². The van der Waals surface area contributed by atoms with E-state index < -0.39 is 26.3 Å². The van der Waals surface area contributed by atoms with Gasteiger partial charge in [0.25, 0.3) is 20.2 Å². The van der Waals surface area contributed by atoms with E-state index in [4.69, 9.17) is 19.4 Å². The van der Waals surface area contributed by atoms with Crippen molar-refractivity contribution in [2.75, 3.05) is 6.54 Å². The average Bonchev–Trinajstić information content (AvgIpc) is 3.42. The fraction of sp³-hybridized carbons (Fsp3) is 0.300. The maximum Gasteiger partial charge on any atom is 0.294 e. The van der Waals surface area contributed by atoms with Crippen LogP contribution in [0.2, 0.25) is 0 Å². The van der Waals surface area contributed by atoms with Gasteiger partial charge in [-0.25, -0.2) is 0 Å². The number of nitrogens with one attached hydrogen (secondary N) is 1. The third-order valence-electron chi connectivity index (χ3n) is 6.07. The molecule has 0 spiro atoms. The lowest BCUT2D eigenvalue weighted by atomic mass is 10.0. The lowest BCUT2D eigenvalue weighted by molar-refractivity contribution is 0.140. The van der Waals surface area contributed by atoms with Crippen LogP contribution in [0.25, 0.3) is 0 Å². The Labute approximate surface area is 253 Å². The molecule has 0 aliphatic rings. The Balaban J connectivity index is 0.000000247. The molecular formula is C30H39N3O8S2. The van der Waals surface area contributed by atoms with E-state index in [-0.39, 0.29) is 15.8 Å². The molecule has 0 fully saturated rings. The van der Waals surface area contributed by atoms with Crippen LogP contribution in [0.4, 0.5) is 0 Å². The summed E-state index contributed by atoms with van der Waals surface area (Å²) in [7, 11) is -8.04. The molecule has 4 rings (SSSR count). The van der Waals surface area contributed by atoms with Crippen molar-refractivity contribution in [3.05, 3.63) is 113 Å². The minimum absolute atomic E-state index is 0.0666. The Kier molecular flexibility index (Phi) is 14.1. The van der Waals surface area contributed by atoms with Gasteiger partial charge in [0.1, 0.15) is 0 Å². The van der Waals surface area contributed by atoms with Crippen LogP contribution >= 0.6 is 0 Å². The second-order valence-corrected chi connectivity index (χ2v) is 12.6. The molecule has 11 nitrogen and oxygen atoms in total. The van der Waals surface area contributed by atoms with Gasteiger partial charge in [-0.1, -0.05) is 77.8 Å². The molecule has 0 radical (unpaired) electrons. The van der Waals surface area contributed by atoms with Gasteiger partial charge in [-0.05, 0) is 56.5 Å². The predicted octanol–water partition coefficient (Wildman–Crippen LogP) is 3.74. The number of benzene rings is 3. The van der Waals surface area contributed by atoms with E-state index in [0.29, 0.717) is 19.5 Å². The van der Waals surface area contributed by atoms with Crippen LogP contribution < -0.4 is 11.1 Å². The highest BCUT2D eigenvalue weighted by molar-refractivity contribution is 7.86. The van der Waals surface area contributed by atoms with Crippen LogP contribution in [0.15, 0.2) is 99.2 Å². The Bertz CT molecular complexity index is 1520. The molecule has 0 unspecified atom stereocenters. The van der Waals surface area contributed by atoms with E-state index in [1.807, 2.05) is 57.2 Å². The highest BCUT2D eigenvalue weighted by atomic mass is 32.2. The minimum Gasteiger partial charge on any atom is -0.390 e. The van der Waals surface area contributed by atoms with E-state index in [1.54, 1.807) is 24.3 Å². The van der Waals surface area contributed by atoms with Gasteiger partial charge < -0.3 is 20.7 Å². The normalized spacial score (nSPS) is 12.7. The van der Waals surface area contributed by atoms with Crippen LogP contribution in [0.3, 0.4) is 0 Å². The average molecular weight is 634 g/mol. The maximum atomic E-state index is 10.5. The summed E-state index contributed by atoms with van der Waals surface area (Å²) in [6.45, 7) is 6.68.